The summed E-state index contributed by atoms with van der Waals surface area (Å²) in [6.07, 6.45) is 9.03. The second-order valence-electron chi connectivity index (χ2n) is 6.81. The van der Waals surface area contributed by atoms with Crippen LogP contribution in [0.2, 0.25) is 10.0 Å². The standard InChI is InChI=1S/C20H26Cl2N2/c1-2-3-4-5-6-7-11-24-12-10-18-17(14-24)20(22)16-9-8-15(21)13-19(16)23-18/h8-9,13H,2-7,10-12,14H2,1H3. The van der Waals surface area contributed by atoms with Crippen LogP contribution in [-0.4, -0.2) is 23.0 Å². The number of benzene rings is 1. The minimum atomic E-state index is 0.714. The molecule has 1 aliphatic rings. The SMILES string of the molecule is CCCCCCCCN1CCc2nc3cc(Cl)ccc3c(Cl)c2C1. The molecular formula is C20H26Cl2N2. The number of nitrogens with zero attached hydrogens (tertiary/aromatic N) is 2. The van der Waals surface area contributed by atoms with E-state index in [9.17, 15) is 0 Å². The topological polar surface area (TPSA) is 16.1 Å². The first-order chi connectivity index (χ1) is 11.7. The van der Waals surface area contributed by atoms with Crippen molar-refractivity contribution in [1.29, 1.82) is 0 Å². The molecule has 0 unspecified atom stereocenters. The first-order valence-electron chi connectivity index (χ1n) is 9.18. The second-order valence-corrected chi connectivity index (χ2v) is 7.62. The highest BCUT2D eigenvalue weighted by atomic mass is 35.5. The molecule has 2 aromatic rings. The van der Waals surface area contributed by atoms with Gasteiger partial charge in [-0.2, -0.15) is 0 Å². The van der Waals surface area contributed by atoms with Gasteiger partial charge in [0.15, 0.2) is 0 Å². The number of rotatable bonds is 7. The first kappa shape index (κ1) is 18.0. The molecule has 4 heteroatoms. The summed E-state index contributed by atoms with van der Waals surface area (Å²) >= 11 is 12.8. The van der Waals surface area contributed by atoms with Gasteiger partial charge in [-0.3, -0.25) is 9.88 Å². The van der Waals surface area contributed by atoms with Crippen molar-refractivity contribution in [3.05, 3.63) is 39.5 Å². The summed E-state index contributed by atoms with van der Waals surface area (Å²) in [7, 11) is 0. The molecule has 1 aliphatic heterocycles. The molecule has 0 atom stereocenters. The van der Waals surface area contributed by atoms with Crippen LogP contribution in [-0.2, 0) is 13.0 Å². The predicted molar refractivity (Wildman–Crippen MR) is 104 cm³/mol. The molecule has 1 aromatic heterocycles. The smallest absolute Gasteiger partial charge is 0.0735 e. The number of pyridine rings is 1. The number of aromatic nitrogens is 1. The van der Waals surface area contributed by atoms with Gasteiger partial charge >= 0.3 is 0 Å². The van der Waals surface area contributed by atoms with Crippen LogP contribution in [0.5, 0.6) is 0 Å². The van der Waals surface area contributed by atoms with Gasteiger partial charge in [-0.1, -0.05) is 62.2 Å². The minimum Gasteiger partial charge on any atom is -0.299 e. The zero-order valence-corrected chi connectivity index (χ0v) is 16.0. The Bertz CT molecular complexity index is 700. The van der Waals surface area contributed by atoms with Crippen LogP contribution in [0.15, 0.2) is 18.2 Å². The molecule has 24 heavy (non-hydrogen) atoms. The normalized spacial score (nSPS) is 15.0. The molecular weight excluding hydrogens is 339 g/mol. The Morgan fingerprint density at radius 2 is 1.88 bits per heavy atom. The number of unbranched alkanes of at least 4 members (excludes halogenated alkanes) is 5. The van der Waals surface area contributed by atoms with E-state index in [2.05, 4.69) is 11.8 Å². The fraction of sp³-hybridized carbons (Fsp3) is 0.550. The van der Waals surface area contributed by atoms with Crippen LogP contribution in [0, 0.1) is 0 Å². The van der Waals surface area contributed by atoms with E-state index in [0.29, 0.717) is 5.02 Å². The summed E-state index contributed by atoms with van der Waals surface area (Å²) in [6, 6.07) is 5.78. The summed E-state index contributed by atoms with van der Waals surface area (Å²) < 4.78 is 0. The Balaban J connectivity index is 1.64. The van der Waals surface area contributed by atoms with Crippen LogP contribution in [0.1, 0.15) is 56.7 Å². The van der Waals surface area contributed by atoms with E-state index in [-0.39, 0.29) is 0 Å². The van der Waals surface area contributed by atoms with Gasteiger partial charge in [0.05, 0.1) is 10.5 Å². The lowest BCUT2D eigenvalue weighted by Gasteiger charge is -2.29. The van der Waals surface area contributed by atoms with Gasteiger partial charge in [0.1, 0.15) is 0 Å². The van der Waals surface area contributed by atoms with Gasteiger partial charge in [-0.25, -0.2) is 0 Å². The van der Waals surface area contributed by atoms with Crippen molar-refractivity contribution in [2.75, 3.05) is 13.1 Å². The maximum atomic E-state index is 6.69. The Kier molecular flexibility index (Phi) is 6.37. The molecule has 130 valence electrons. The summed E-state index contributed by atoms with van der Waals surface area (Å²) in [4.78, 5) is 7.33. The van der Waals surface area contributed by atoms with E-state index >= 15 is 0 Å². The molecule has 0 N–H and O–H groups in total. The lowest BCUT2D eigenvalue weighted by atomic mass is 10.0. The molecule has 3 rings (SSSR count). The average Bonchev–Trinajstić information content (AvgIpc) is 2.58. The Morgan fingerprint density at radius 1 is 1.08 bits per heavy atom. The number of halogens is 2. The van der Waals surface area contributed by atoms with Crippen molar-refractivity contribution in [3.63, 3.8) is 0 Å². The molecule has 0 saturated heterocycles. The second kappa shape index (κ2) is 8.51. The zero-order valence-electron chi connectivity index (χ0n) is 14.5. The van der Waals surface area contributed by atoms with Crippen LogP contribution in [0.4, 0.5) is 0 Å². The Labute approximate surface area is 155 Å². The van der Waals surface area contributed by atoms with Crippen molar-refractivity contribution in [1.82, 2.24) is 9.88 Å². The molecule has 0 fully saturated rings. The molecule has 1 aromatic carbocycles. The lowest BCUT2D eigenvalue weighted by Crippen LogP contribution is -2.32. The van der Waals surface area contributed by atoms with Crippen LogP contribution in [0.25, 0.3) is 10.9 Å². The van der Waals surface area contributed by atoms with Crippen molar-refractivity contribution in [2.45, 2.75) is 58.4 Å². The highest BCUT2D eigenvalue weighted by molar-refractivity contribution is 6.37. The molecule has 2 heterocycles. The maximum absolute atomic E-state index is 6.69. The summed E-state index contributed by atoms with van der Waals surface area (Å²) in [5.74, 6) is 0. The van der Waals surface area contributed by atoms with E-state index in [1.54, 1.807) is 0 Å². The predicted octanol–water partition coefficient (Wildman–Crippen LogP) is 6.26. The van der Waals surface area contributed by atoms with Gasteiger partial charge in [0, 0.05) is 41.2 Å². The average molecular weight is 365 g/mol. The summed E-state index contributed by atoms with van der Waals surface area (Å²) in [6.45, 7) is 5.44. The molecule has 0 saturated carbocycles. The third-order valence-electron chi connectivity index (χ3n) is 4.94. The largest absolute Gasteiger partial charge is 0.299 e. The highest BCUT2D eigenvalue weighted by Crippen LogP contribution is 2.33. The van der Waals surface area contributed by atoms with Gasteiger partial charge in [-0.05, 0) is 31.2 Å². The molecule has 2 nitrogen and oxygen atoms in total. The van der Waals surface area contributed by atoms with Gasteiger partial charge < -0.3 is 0 Å². The van der Waals surface area contributed by atoms with Crippen LogP contribution >= 0.6 is 23.2 Å². The lowest BCUT2D eigenvalue weighted by molar-refractivity contribution is 0.246. The third-order valence-corrected chi connectivity index (χ3v) is 5.61. The van der Waals surface area contributed by atoms with E-state index in [4.69, 9.17) is 28.2 Å². The van der Waals surface area contributed by atoms with Gasteiger partial charge in [0.25, 0.3) is 0 Å². The molecule has 0 radical (unpaired) electrons. The summed E-state index contributed by atoms with van der Waals surface area (Å²) in [5.41, 5.74) is 3.27. The number of hydrogen-bond donors (Lipinski definition) is 0. The van der Waals surface area contributed by atoms with Crippen molar-refractivity contribution < 1.29 is 0 Å². The Hall–Kier alpha value is -0.830. The molecule has 0 spiro atoms. The van der Waals surface area contributed by atoms with Crippen molar-refractivity contribution >= 4 is 34.1 Å². The van der Waals surface area contributed by atoms with E-state index in [1.165, 1.54) is 50.6 Å². The van der Waals surface area contributed by atoms with Gasteiger partial charge in [0.2, 0.25) is 0 Å². The molecule has 0 bridgehead atoms. The van der Waals surface area contributed by atoms with E-state index in [1.807, 2.05) is 18.2 Å². The van der Waals surface area contributed by atoms with E-state index < -0.39 is 0 Å². The van der Waals surface area contributed by atoms with Crippen molar-refractivity contribution in [3.8, 4) is 0 Å². The van der Waals surface area contributed by atoms with E-state index in [0.717, 1.165) is 41.1 Å². The third kappa shape index (κ3) is 4.22. The van der Waals surface area contributed by atoms with Crippen LogP contribution < -0.4 is 0 Å². The first-order valence-corrected chi connectivity index (χ1v) is 9.93. The number of hydrogen-bond acceptors (Lipinski definition) is 2. The summed E-state index contributed by atoms with van der Waals surface area (Å²) in [5, 5.41) is 2.59. The van der Waals surface area contributed by atoms with Crippen LogP contribution in [0.3, 0.4) is 0 Å². The Morgan fingerprint density at radius 3 is 2.71 bits per heavy atom. The molecule has 0 amide bonds. The fourth-order valence-electron chi connectivity index (χ4n) is 3.53. The zero-order chi connectivity index (χ0) is 16.9. The van der Waals surface area contributed by atoms with Crippen molar-refractivity contribution in [2.24, 2.45) is 0 Å². The monoisotopic (exact) mass is 364 g/mol. The molecule has 0 aliphatic carbocycles. The quantitative estimate of drug-likeness (QED) is 0.538. The van der Waals surface area contributed by atoms with Gasteiger partial charge in [-0.15, -0.1) is 0 Å². The highest BCUT2D eigenvalue weighted by Gasteiger charge is 2.21. The maximum Gasteiger partial charge on any atom is 0.0735 e. The number of fused-ring (bicyclic) bond motifs is 2. The fourth-order valence-corrected chi connectivity index (χ4v) is 4.02. The minimum absolute atomic E-state index is 0.714.